The average Bonchev–Trinajstić information content (AvgIpc) is 2.73. The number of hydrogen-bond acceptors (Lipinski definition) is 4. The van der Waals surface area contributed by atoms with Crippen LogP contribution in [0.5, 0.6) is 0 Å². The Bertz CT molecular complexity index is 177. The van der Waals surface area contributed by atoms with Crippen molar-refractivity contribution in [2.45, 2.75) is 51.1 Å². The molecule has 1 saturated carbocycles. The molecule has 5 unspecified atom stereocenters. The first-order chi connectivity index (χ1) is 6.49. The fourth-order valence-corrected chi connectivity index (χ4v) is 1.68. The van der Waals surface area contributed by atoms with Gasteiger partial charge >= 0.3 is 0 Å². The van der Waals surface area contributed by atoms with E-state index in [0.717, 1.165) is 6.42 Å². The average molecular weight is 204 g/mol. The fraction of sp³-hybridized carbons (Fsp3) is 1.00. The second kappa shape index (κ2) is 4.57. The molecule has 0 heterocycles. The van der Waals surface area contributed by atoms with Crippen LogP contribution in [0.2, 0.25) is 0 Å². The zero-order chi connectivity index (χ0) is 10.9. The molecule has 4 heteroatoms. The van der Waals surface area contributed by atoms with Crippen molar-refractivity contribution in [3.8, 4) is 0 Å². The van der Waals surface area contributed by atoms with Crippen LogP contribution in [0.1, 0.15) is 26.7 Å². The van der Waals surface area contributed by atoms with Crippen LogP contribution in [-0.2, 0) is 0 Å². The SMILES string of the molecule is CCC(C)CC(O)C(O)C1C(O)C1O. The molecule has 0 aromatic heterocycles. The van der Waals surface area contributed by atoms with Gasteiger partial charge in [-0.05, 0) is 12.3 Å². The van der Waals surface area contributed by atoms with E-state index in [-0.39, 0.29) is 0 Å². The van der Waals surface area contributed by atoms with Crippen molar-refractivity contribution in [1.29, 1.82) is 0 Å². The summed E-state index contributed by atoms with van der Waals surface area (Å²) < 4.78 is 0. The van der Waals surface area contributed by atoms with Crippen LogP contribution in [0.25, 0.3) is 0 Å². The summed E-state index contributed by atoms with van der Waals surface area (Å²) in [6, 6.07) is 0. The molecule has 0 aromatic rings. The lowest BCUT2D eigenvalue weighted by Crippen LogP contribution is -2.31. The Labute approximate surface area is 84.2 Å². The summed E-state index contributed by atoms with van der Waals surface area (Å²) in [6.45, 7) is 4.01. The highest BCUT2D eigenvalue weighted by molar-refractivity contribution is 5.03. The van der Waals surface area contributed by atoms with Gasteiger partial charge in [0.15, 0.2) is 0 Å². The fourth-order valence-electron chi connectivity index (χ4n) is 1.68. The predicted molar refractivity (Wildman–Crippen MR) is 51.6 cm³/mol. The van der Waals surface area contributed by atoms with Crippen molar-refractivity contribution in [2.24, 2.45) is 11.8 Å². The van der Waals surface area contributed by atoms with Crippen molar-refractivity contribution in [3.63, 3.8) is 0 Å². The van der Waals surface area contributed by atoms with Gasteiger partial charge in [-0.1, -0.05) is 20.3 Å². The van der Waals surface area contributed by atoms with E-state index < -0.39 is 30.3 Å². The van der Waals surface area contributed by atoms with Crippen LogP contribution in [0.15, 0.2) is 0 Å². The Balaban J connectivity index is 2.34. The van der Waals surface area contributed by atoms with Gasteiger partial charge in [0.05, 0.1) is 24.4 Å². The van der Waals surface area contributed by atoms with Gasteiger partial charge in [-0.15, -0.1) is 0 Å². The standard InChI is InChI=1S/C10H20O4/c1-3-5(2)4-6(11)8(12)7-9(13)10(7)14/h5-14H,3-4H2,1-2H3. The Hall–Kier alpha value is -0.160. The van der Waals surface area contributed by atoms with Gasteiger partial charge in [-0.3, -0.25) is 0 Å². The molecule has 0 spiro atoms. The lowest BCUT2D eigenvalue weighted by atomic mass is 9.96. The van der Waals surface area contributed by atoms with Crippen molar-refractivity contribution in [1.82, 2.24) is 0 Å². The summed E-state index contributed by atoms with van der Waals surface area (Å²) in [6.07, 6.45) is -2.13. The second-order valence-corrected chi connectivity index (χ2v) is 4.37. The highest BCUT2D eigenvalue weighted by Crippen LogP contribution is 2.36. The van der Waals surface area contributed by atoms with Crippen molar-refractivity contribution < 1.29 is 20.4 Å². The predicted octanol–water partition coefficient (Wildman–Crippen LogP) is -0.504. The van der Waals surface area contributed by atoms with Gasteiger partial charge in [0.1, 0.15) is 0 Å². The first-order valence-corrected chi connectivity index (χ1v) is 5.21. The van der Waals surface area contributed by atoms with Gasteiger partial charge in [0, 0.05) is 5.92 Å². The van der Waals surface area contributed by atoms with E-state index in [9.17, 15) is 10.2 Å². The summed E-state index contributed by atoms with van der Waals surface area (Å²) in [5.41, 5.74) is 0. The molecule has 4 N–H and O–H groups in total. The Morgan fingerprint density at radius 2 is 1.64 bits per heavy atom. The van der Waals surface area contributed by atoms with E-state index in [2.05, 4.69) is 0 Å². The molecular formula is C10H20O4. The van der Waals surface area contributed by atoms with E-state index in [0.29, 0.717) is 12.3 Å². The van der Waals surface area contributed by atoms with Crippen LogP contribution in [0.3, 0.4) is 0 Å². The Kier molecular flexibility index (Phi) is 3.89. The maximum absolute atomic E-state index is 9.59. The molecule has 0 aromatic carbocycles. The third kappa shape index (κ3) is 2.45. The van der Waals surface area contributed by atoms with E-state index in [1.807, 2.05) is 13.8 Å². The third-order valence-corrected chi connectivity index (χ3v) is 3.13. The zero-order valence-corrected chi connectivity index (χ0v) is 8.67. The third-order valence-electron chi connectivity index (χ3n) is 3.13. The minimum absolute atomic E-state index is 0.340. The highest BCUT2D eigenvalue weighted by atomic mass is 16.4. The maximum Gasteiger partial charge on any atom is 0.0883 e. The van der Waals surface area contributed by atoms with Gasteiger partial charge in [0.25, 0.3) is 0 Å². The van der Waals surface area contributed by atoms with Crippen molar-refractivity contribution in [3.05, 3.63) is 0 Å². The molecule has 1 fully saturated rings. The smallest absolute Gasteiger partial charge is 0.0883 e. The highest BCUT2D eigenvalue weighted by Gasteiger charge is 2.54. The molecule has 0 radical (unpaired) electrons. The van der Waals surface area contributed by atoms with Gasteiger partial charge in [-0.2, -0.15) is 0 Å². The topological polar surface area (TPSA) is 80.9 Å². The molecule has 1 aliphatic carbocycles. The summed E-state index contributed by atoms with van der Waals surface area (Å²) in [5, 5.41) is 37.3. The normalized spacial score (nSPS) is 37.7. The van der Waals surface area contributed by atoms with Crippen LogP contribution >= 0.6 is 0 Å². The first kappa shape index (κ1) is 11.9. The van der Waals surface area contributed by atoms with Crippen molar-refractivity contribution in [2.75, 3.05) is 0 Å². The molecule has 14 heavy (non-hydrogen) atoms. The monoisotopic (exact) mass is 204 g/mol. The molecule has 4 nitrogen and oxygen atoms in total. The summed E-state index contributed by atoms with van der Waals surface area (Å²) in [7, 11) is 0. The molecule has 0 aliphatic heterocycles. The van der Waals surface area contributed by atoms with Gasteiger partial charge in [-0.25, -0.2) is 0 Å². The number of hydrogen-bond donors (Lipinski definition) is 4. The zero-order valence-electron chi connectivity index (χ0n) is 8.67. The van der Waals surface area contributed by atoms with Gasteiger partial charge in [0.2, 0.25) is 0 Å². The number of aliphatic hydroxyl groups excluding tert-OH is 4. The second-order valence-electron chi connectivity index (χ2n) is 4.37. The lowest BCUT2D eigenvalue weighted by Gasteiger charge is -2.20. The van der Waals surface area contributed by atoms with Gasteiger partial charge < -0.3 is 20.4 Å². The minimum Gasteiger partial charge on any atom is -0.390 e. The van der Waals surface area contributed by atoms with E-state index >= 15 is 0 Å². The molecule has 5 atom stereocenters. The number of aliphatic hydroxyl groups is 4. The first-order valence-electron chi connectivity index (χ1n) is 5.21. The molecule has 1 rings (SSSR count). The molecule has 1 aliphatic rings. The van der Waals surface area contributed by atoms with Crippen molar-refractivity contribution >= 4 is 0 Å². The van der Waals surface area contributed by atoms with Crippen LogP contribution < -0.4 is 0 Å². The summed E-state index contributed by atoms with van der Waals surface area (Å²) >= 11 is 0. The van der Waals surface area contributed by atoms with E-state index in [1.54, 1.807) is 0 Å². The quantitative estimate of drug-likeness (QED) is 0.486. The molecule has 0 saturated heterocycles. The largest absolute Gasteiger partial charge is 0.390 e. The molecule has 84 valence electrons. The molecular weight excluding hydrogens is 184 g/mol. The van der Waals surface area contributed by atoms with E-state index in [4.69, 9.17) is 10.2 Å². The van der Waals surface area contributed by atoms with Crippen LogP contribution in [-0.4, -0.2) is 44.8 Å². The lowest BCUT2D eigenvalue weighted by molar-refractivity contribution is -0.0184. The Morgan fingerprint density at radius 1 is 1.14 bits per heavy atom. The van der Waals surface area contributed by atoms with Crippen LogP contribution in [0.4, 0.5) is 0 Å². The number of rotatable bonds is 5. The summed E-state index contributed by atoms with van der Waals surface area (Å²) in [4.78, 5) is 0. The van der Waals surface area contributed by atoms with E-state index in [1.165, 1.54) is 0 Å². The minimum atomic E-state index is -1.01. The summed E-state index contributed by atoms with van der Waals surface area (Å²) in [5.74, 6) is -0.221. The molecule has 0 amide bonds. The van der Waals surface area contributed by atoms with Crippen LogP contribution in [0, 0.1) is 11.8 Å². The Morgan fingerprint density at radius 3 is 2.00 bits per heavy atom. The maximum atomic E-state index is 9.59. The molecule has 0 bridgehead atoms.